The second-order valence-electron chi connectivity index (χ2n) is 9.37. The summed E-state index contributed by atoms with van der Waals surface area (Å²) in [5, 5.41) is 5.31. The molecule has 1 atom stereocenters. The molecule has 2 aromatic heterocycles. The number of nitrogens with one attached hydrogen (secondary N) is 1. The van der Waals surface area contributed by atoms with Gasteiger partial charge in [0.15, 0.2) is 23.1 Å². The van der Waals surface area contributed by atoms with E-state index in [4.69, 9.17) is 10.5 Å². The van der Waals surface area contributed by atoms with E-state index in [-0.39, 0.29) is 16.4 Å². The number of benzene rings is 3. The van der Waals surface area contributed by atoms with Crippen LogP contribution in [0.15, 0.2) is 109 Å². The summed E-state index contributed by atoms with van der Waals surface area (Å²) in [6.07, 6.45) is 5.39. The predicted molar refractivity (Wildman–Crippen MR) is 161 cm³/mol. The second-order valence-corrected chi connectivity index (χ2v) is 11.2. The van der Waals surface area contributed by atoms with Gasteiger partial charge in [0.05, 0.1) is 18.3 Å². The van der Waals surface area contributed by atoms with Crippen LogP contribution < -0.4 is 15.8 Å². The number of nitrogens with zero attached hydrogens (tertiary/aromatic N) is 4. The lowest BCUT2D eigenvalue weighted by atomic mass is 10.2. The Morgan fingerprint density at radius 1 is 0.925 bits per heavy atom. The molecule has 1 aliphatic heterocycles. The van der Waals surface area contributed by atoms with Crippen molar-refractivity contribution in [1.29, 1.82) is 0 Å². The first-order chi connectivity index (χ1) is 19.7. The molecule has 1 aliphatic rings. The van der Waals surface area contributed by atoms with Crippen LogP contribution in [0, 0.1) is 5.82 Å². The number of allylic oxidation sites excluding steroid dienone is 1. The normalized spacial score (nSPS) is 14.7. The van der Waals surface area contributed by atoms with Crippen LogP contribution in [-0.4, -0.2) is 30.8 Å². The number of halogens is 1. The van der Waals surface area contributed by atoms with Crippen molar-refractivity contribution >= 4 is 38.6 Å². The first-order valence-electron chi connectivity index (χ1n) is 13.0. The molecule has 0 bridgehead atoms. The molecule has 0 aliphatic carbocycles. The topological polar surface area (TPSA) is 81.2 Å². The third-order valence-corrected chi connectivity index (χ3v) is 8.48. The molecule has 7 nitrogen and oxygen atoms in total. The number of aromatic nitrogens is 3. The summed E-state index contributed by atoms with van der Waals surface area (Å²) in [5.74, 6) is 1.77. The average Bonchev–Trinajstić information content (AvgIpc) is 3.55. The smallest absolute Gasteiger partial charge is 0.167 e. The van der Waals surface area contributed by atoms with Crippen LogP contribution in [0.1, 0.15) is 11.1 Å². The van der Waals surface area contributed by atoms with Gasteiger partial charge in [0, 0.05) is 42.2 Å². The molecule has 0 amide bonds. The minimum atomic E-state index is -0.466. The van der Waals surface area contributed by atoms with Gasteiger partial charge in [-0.05, 0) is 29.3 Å². The van der Waals surface area contributed by atoms with Crippen molar-refractivity contribution in [1.82, 2.24) is 18.8 Å². The summed E-state index contributed by atoms with van der Waals surface area (Å²) in [6.45, 7) is 1.86. The zero-order chi connectivity index (χ0) is 27.3. The molecule has 9 heteroatoms. The molecule has 202 valence electrons. The van der Waals surface area contributed by atoms with Crippen LogP contribution in [-0.2, 0) is 18.8 Å². The highest BCUT2D eigenvalue weighted by atomic mass is 32.2. The fourth-order valence-corrected chi connectivity index (χ4v) is 6.48. The number of fused-ring (bicyclic) bond motifs is 1. The molecule has 0 radical (unpaired) electrons. The molecule has 1 unspecified atom stereocenters. The monoisotopic (exact) mass is 552 g/mol. The highest BCUT2D eigenvalue weighted by Crippen LogP contribution is 2.35. The van der Waals surface area contributed by atoms with Gasteiger partial charge in [0.25, 0.3) is 0 Å². The fourth-order valence-electron chi connectivity index (χ4n) is 4.63. The Kier molecular flexibility index (Phi) is 7.56. The molecule has 3 aromatic carbocycles. The van der Waals surface area contributed by atoms with E-state index < -0.39 is 5.82 Å². The largest absolute Gasteiger partial charge is 0.452 e. The van der Waals surface area contributed by atoms with Gasteiger partial charge >= 0.3 is 0 Å². The van der Waals surface area contributed by atoms with Crippen molar-refractivity contribution in [3.8, 4) is 5.75 Å². The molecule has 0 fully saturated rings. The third kappa shape index (κ3) is 5.75. The zero-order valence-electron chi connectivity index (χ0n) is 21.8. The maximum atomic E-state index is 15.3. The van der Waals surface area contributed by atoms with Gasteiger partial charge < -0.3 is 24.7 Å². The van der Waals surface area contributed by atoms with Gasteiger partial charge in [0.2, 0.25) is 0 Å². The number of nitrogens with two attached hydrogens (primary N) is 1. The molecule has 0 saturated heterocycles. The standard InChI is InChI=1S/C31H29FN6OS/c32-27-17-25(36-31-30-28(34-22-35-31)13-15-37(30)16-14-33)11-12-29(27)39-26-19-38(18-23-7-3-1-4-8-23)40(21-26)20-24-9-5-2-6-10-24/h1-13,15,17,19,21-22H,14,16,18,20,33H2,(H,34,35,36). The summed E-state index contributed by atoms with van der Waals surface area (Å²) in [7, 11) is -0.241. The zero-order valence-corrected chi connectivity index (χ0v) is 22.6. The van der Waals surface area contributed by atoms with E-state index in [1.54, 1.807) is 12.1 Å². The number of anilines is 2. The van der Waals surface area contributed by atoms with E-state index in [0.717, 1.165) is 23.3 Å². The maximum Gasteiger partial charge on any atom is 0.167 e. The van der Waals surface area contributed by atoms with Crippen LogP contribution >= 0.6 is 10.7 Å². The Morgan fingerprint density at radius 3 is 2.45 bits per heavy atom. The van der Waals surface area contributed by atoms with Gasteiger partial charge in [0.1, 0.15) is 11.8 Å². The number of hydrogen-bond acceptors (Lipinski definition) is 6. The Hall–Kier alpha value is -4.47. The number of ether oxygens (including phenoxy) is 1. The lowest BCUT2D eigenvalue weighted by molar-refractivity contribution is 0.414. The van der Waals surface area contributed by atoms with Crippen molar-refractivity contribution in [2.24, 2.45) is 5.73 Å². The second kappa shape index (κ2) is 11.7. The third-order valence-electron chi connectivity index (χ3n) is 6.51. The van der Waals surface area contributed by atoms with Crippen molar-refractivity contribution in [2.75, 3.05) is 11.9 Å². The van der Waals surface area contributed by atoms with Gasteiger partial charge in [-0.3, -0.25) is 0 Å². The highest BCUT2D eigenvalue weighted by molar-refractivity contribution is 8.12. The average molecular weight is 553 g/mol. The van der Waals surface area contributed by atoms with Crippen molar-refractivity contribution in [3.05, 3.63) is 126 Å². The van der Waals surface area contributed by atoms with E-state index in [1.807, 2.05) is 59.4 Å². The summed E-state index contributed by atoms with van der Waals surface area (Å²) < 4.78 is 25.6. The number of rotatable bonds is 10. The Labute approximate surface area is 234 Å². The van der Waals surface area contributed by atoms with E-state index >= 15 is 4.39 Å². The van der Waals surface area contributed by atoms with Crippen LogP contribution in [0.3, 0.4) is 0 Å². The molecular weight excluding hydrogens is 523 g/mol. The summed E-state index contributed by atoms with van der Waals surface area (Å²) in [6, 6.07) is 27.4. The first-order valence-corrected chi connectivity index (χ1v) is 14.4. The molecule has 5 aromatic rings. The molecule has 0 saturated carbocycles. The molecule has 3 heterocycles. The Balaban J connectivity index is 1.22. The van der Waals surface area contributed by atoms with Crippen LogP contribution in [0.25, 0.3) is 11.0 Å². The van der Waals surface area contributed by atoms with Gasteiger partial charge in [-0.1, -0.05) is 71.3 Å². The summed E-state index contributed by atoms with van der Waals surface area (Å²) >= 11 is 0. The van der Waals surface area contributed by atoms with Crippen LogP contribution in [0.2, 0.25) is 0 Å². The Morgan fingerprint density at radius 2 is 1.70 bits per heavy atom. The van der Waals surface area contributed by atoms with Crippen molar-refractivity contribution < 1.29 is 9.13 Å². The predicted octanol–water partition coefficient (Wildman–Crippen LogP) is 6.20. The van der Waals surface area contributed by atoms with E-state index in [1.165, 1.54) is 23.5 Å². The SMILES string of the molecule is NCCn1ccc2ncnc(Nc3ccc(OC4=CN(Cc5ccccc5)S(Cc5ccccc5)=C4)c(F)c3)c21. The lowest BCUT2D eigenvalue weighted by Crippen LogP contribution is -2.10. The van der Waals surface area contributed by atoms with Crippen molar-refractivity contribution in [2.45, 2.75) is 18.8 Å². The van der Waals surface area contributed by atoms with Crippen LogP contribution in [0.5, 0.6) is 5.75 Å². The van der Waals surface area contributed by atoms with Gasteiger partial charge in [-0.15, -0.1) is 0 Å². The molecule has 0 spiro atoms. The van der Waals surface area contributed by atoms with Gasteiger partial charge in [-0.2, -0.15) is 0 Å². The summed E-state index contributed by atoms with van der Waals surface area (Å²) in [4.78, 5) is 8.70. The summed E-state index contributed by atoms with van der Waals surface area (Å²) in [5.41, 5.74) is 10.4. The number of hydrogen-bond donors (Lipinski definition) is 2. The molecule has 3 N–H and O–H groups in total. The lowest BCUT2D eigenvalue weighted by Gasteiger charge is -2.21. The first kappa shape index (κ1) is 25.8. The minimum absolute atomic E-state index is 0.164. The Bertz CT molecular complexity index is 1690. The van der Waals surface area contributed by atoms with Crippen molar-refractivity contribution in [3.63, 3.8) is 0 Å². The van der Waals surface area contributed by atoms with E-state index in [2.05, 4.69) is 49.2 Å². The quantitative estimate of drug-likeness (QED) is 0.201. The van der Waals surface area contributed by atoms with Gasteiger partial charge in [-0.25, -0.2) is 14.4 Å². The minimum Gasteiger partial charge on any atom is -0.452 e. The van der Waals surface area contributed by atoms with E-state index in [0.29, 0.717) is 30.4 Å². The molecular formula is C31H29FN6OS. The molecule has 40 heavy (non-hydrogen) atoms. The highest BCUT2D eigenvalue weighted by Gasteiger charge is 2.19. The maximum absolute atomic E-state index is 15.3. The molecule has 6 rings (SSSR count). The van der Waals surface area contributed by atoms with Crippen LogP contribution in [0.4, 0.5) is 15.9 Å². The van der Waals surface area contributed by atoms with E-state index in [9.17, 15) is 0 Å². The fraction of sp³-hybridized carbons (Fsp3) is 0.129.